The highest BCUT2D eigenvalue weighted by Gasteiger charge is 2.37. The average Bonchev–Trinajstić information content (AvgIpc) is 2.61. The minimum atomic E-state index is -1.04. The number of likely N-dealkylation sites (tertiary alicyclic amines) is 1. The molecule has 4 nitrogen and oxygen atoms in total. The Morgan fingerprint density at radius 2 is 2.00 bits per heavy atom. The van der Waals surface area contributed by atoms with E-state index >= 15 is 0 Å². The number of benzene rings is 2. The lowest BCUT2D eigenvalue weighted by molar-refractivity contribution is -0.0290. The third kappa shape index (κ3) is 3.29. The van der Waals surface area contributed by atoms with Gasteiger partial charge < -0.3 is 14.7 Å². The van der Waals surface area contributed by atoms with Crippen LogP contribution >= 0.6 is 0 Å². The number of piperidine rings is 1. The summed E-state index contributed by atoms with van der Waals surface area (Å²) in [7, 11) is 1.61. The molecule has 1 saturated heterocycles. The third-order valence-electron chi connectivity index (χ3n) is 4.63. The number of hydrogen-bond donors (Lipinski definition) is 1. The van der Waals surface area contributed by atoms with Gasteiger partial charge >= 0.3 is 0 Å². The van der Waals surface area contributed by atoms with Crippen molar-refractivity contribution in [1.82, 2.24) is 4.90 Å². The molecule has 1 atom stereocenters. The third-order valence-corrected chi connectivity index (χ3v) is 4.63. The van der Waals surface area contributed by atoms with Crippen molar-refractivity contribution < 1.29 is 14.6 Å². The van der Waals surface area contributed by atoms with Crippen LogP contribution in [0.15, 0.2) is 48.5 Å². The summed E-state index contributed by atoms with van der Waals surface area (Å²) in [5.41, 5.74) is 1.49. The molecule has 24 heavy (non-hydrogen) atoms. The summed E-state index contributed by atoms with van der Waals surface area (Å²) in [6.45, 7) is 2.94. The Morgan fingerprint density at radius 3 is 2.75 bits per heavy atom. The van der Waals surface area contributed by atoms with Crippen molar-refractivity contribution >= 4 is 5.91 Å². The maximum atomic E-state index is 12.8. The van der Waals surface area contributed by atoms with Crippen LogP contribution in [0.5, 0.6) is 5.75 Å². The van der Waals surface area contributed by atoms with E-state index in [-0.39, 0.29) is 5.91 Å². The first-order chi connectivity index (χ1) is 11.5. The van der Waals surface area contributed by atoms with Crippen LogP contribution in [0.2, 0.25) is 0 Å². The molecule has 0 aliphatic carbocycles. The molecule has 1 N–H and O–H groups in total. The fraction of sp³-hybridized carbons (Fsp3) is 0.350. The number of aryl methyl sites for hydroxylation is 1. The molecular weight excluding hydrogens is 302 g/mol. The molecule has 126 valence electrons. The van der Waals surface area contributed by atoms with Crippen molar-refractivity contribution in [1.29, 1.82) is 0 Å². The molecule has 0 radical (unpaired) electrons. The Bertz CT molecular complexity index is 743. The predicted molar refractivity (Wildman–Crippen MR) is 93.2 cm³/mol. The second-order valence-electron chi connectivity index (χ2n) is 6.46. The molecule has 2 aromatic carbocycles. The Morgan fingerprint density at radius 1 is 1.21 bits per heavy atom. The first-order valence-corrected chi connectivity index (χ1v) is 8.25. The van der Waals surface area contributed by atoms with Crippen LogP contribution in [0.25, 0.3) is 0 Å². The molecule has 1 unspecified atom stereocenters. The van der Waals surface area contributed by atoms with Gasteiger partial charge in [0.05, 0.1) is 13.7 Å². The van der Waals surface area contributed by atoms with Crippen molar-refractivity contribution in [3.8, 4) is 5.75 Å². The van der Waals surface area contributed by atoms with Gasteiger partial charge in [0.15, 0.2) is 0 Å². The van der Waals surface area contributed by atoms with E-state index in [0.717, 1.165) is 17.5 Å². The van der Waals surface area contributed by atoms with Gasteiger partial charge in [-0.2, -0.15) is 0 Å². The first kappa shape index (κ1) is 16.5. The van der Waals surface area contributed by atoms with Gasteiger partial charge in [-0.25, -0.2) is 0 Å². The van der Waals surface area contributed by atoms with Gasteiger partial charge in [-0.15, -0.1) is 0 Å². The number of amides is 1. The van der Waals surface area contributed by atoms with E-state index in [2.05, 4.69) is 0 Å². The summed E-state index contributed by atoms with van der Waals surface area (Å²) in [6, 6.07) is 15.0. The van der Waals surface area contributed by atoms with Crippen LogP contribution < -0.4 is 4.74 Å². The van der Waals surface area contributed by atoms with Gasteiger partial charge in [-0.1, -0.05) is 29.8 Å². The zero-order valence-corrected chi connectivity index (χ0v) is 14.2. The van der Waals surface area contributed by atoms with Gasteiger partial charge in [0, 0.05) is 12.1 Å². The van der Waals surface area contributed by atoms with Crippen molar-refractivity contribution in [2.24, 2.45) is 0 Å². The molecule has 1 fully saturated rings. The topological polar surface area (TPSA) is 49.8 Å². The highest BCUT2D eigenvalue weighted by atomic mass is 16.5. The van der Waals surface area contributed by atoms with Gasteiger partial charge in [0.25, 0.3) is 5.91 Å². The van der Waals surface area contributed by atoms with Crippen LogP contribution in [-0.4, -0.2) is 36.1 Å². The average molecular weight is 325 g/mol. The normalized spacial score (nSPS) is 20.7. The van der Waals surface area contributed by atoms with E-state index in [1.807, 2.05) is 55.5 Å². The highest BCUT2D eigenvalue weighted by molar-refractivity contribution is 5.94. The van der Waals surface area contributed by atoms with Crippen LogP contribution in [0, 0.1) is 6.92 Å². The van der Waals surface area contributed by atoms with E-state index in [1.54, 1.807) is 12.0 Å². The van der Waals surface area contributed by atoms with Crippen molar-refractivity contribution in [3.63, 3.8) is 0 Å². The Labute approximate surface area is 142 Å². The smallest absolute Gasteiger partial charge is 0.253 e. The molecule has 0 aromatic heterocycles. The summed E-state index contributed by atoms with van der Waals surface area (Å²) >= 11 is 0. The maximum Gasteiger partial charge on any atom is 0.253 e. The van der Waals surface area contributed by atoms with Crippen molar-refractivity contribution in [2.75, 3.05) is 20.2 Å². The van der Waals surface area contributed by atoms with Crippen molar-refractivity contribution in [2.45, 2.75) is 25.4 Å². The second-order valence-corrected chi connectivity index (χ2v) is 6.46. The standard InChI is InChI=1S/C20H23NO3/c1-15-6-3-7-16(12-15)19(22)21-11-5-10-20(23,14-21)17-8-4-9-18(13-17)24-2/h3-4,6-9,12-13,23H,5,10-11,14H2,1-2H3. The first-order valence-electron chi connectivity index (χ1n) is 8.25. The molecule has 4 heteroatoms. The molecule has 0 bridgehead atoms. The fourth-order valence-electron chi connectivity index (χ4n) is 3.32. The Balaban J connectivity index is 1.84. The van der Waals surface area contributed by atoms with E-state index in [1.165, 1.54) is 0 Å². The molecule has 0 saturated carbocycles. The number of carbonyl (C=O) groups excluding carboxylic acids is 1. The number of β-amino-alcohol motifs (C(OH)–C–C–N with tert-alkyl or cyclic N) is 1. The minimum Gasteiger partial charge on any atom is -0.497 e. The highest BCUT2D eigenvalue weighted by Crippen LogP contribution is 2.33. The summed E-state index contributed by atoms with van der Waals surface area (Å²) < 4.78 is 5.26. The number of nitrogens with zero attached hydrogens (tertiary/aromatic N) is 1. The number of rotatable bonds is 3. The summed E-state index contributed by atoms with van der Waals surface area (Å²) in [6.07, 6.45) is 1.41. The Hall–Kier alpha value is -2.33. The number of hydrogen-bond acceptors (Lipinski definition) is 3. The van der Waals surface area contributed by atoms with Crippen LogP contribution in [0.1, 0.15) is 34.3 Å². The lowest BCUT2D eigenvalue weighted by Crippen LogP contribution is -2.48. The quantitative estimate of drug-likeness (QED) is 0.943. The van der Waals surface area contributed by atoms with E-state index in [0.29, 0.717) is 30.8 Å². The molecule has 1 amide bonds. The number of aliphatic hydroxyl groups is 1. The van der Waals surface area contributed by atoms with E-state index in [4.69, 9.17) is 4.74 Å². The van der Waals surface area contributed by atoms with Gasteiger partial charge in [0.1, 0.15) is 11.4 Å². The number of carbonyl (C=O) groups is 1. The summed E-state index contributed by atoms with van der Waals surface area (Å²) in [4.78, 5) is 14.5. The van der Waals surface area contributed by atoms with Crippen LogP contribution in [0.4, 0.5) is 0 Å². The van der Waals surface area contributed by atoms with E-state index in [9.17, 15) is 9.90 Å². The molecule has 3 rings (SSSR count). The van der Waals surface area contributed by atoms with Gasteiger partial charge in [-0.05, 0) is 49.6 Å². The SMILES string of the molecule is COc1cccc(C2(O)CCCN(C(=O)c3cccc(C)c3)C2)c1. The lowest BCUT2D eigenvalue weighted by Gasteiger charge is -2.39. The summed E-state index contributed by atoms with van der Waals surface area (Å²) in [5, 5.41) is 11.1. The maximum absolute atomic E-state index is 12.8. The molecule has 1 aliphatic rings. The number of methoxy groups -OCH3 is 1. The monoisotopic (exact) mass is 325 g/mol. The van der Waals surface area contributed by atoms with Crippen LogP contribution in [0.3, 0.4) is 0 Å². The zero-order valence-electron chi connectivity index (χ0n) is 14.2. The molecule has 0 spiro atoms. The second kappa shape index (κ2) is 6.65. The molecule has 1 heterocycles. The fourth-order valence-corrected chi connectivity index (χ4v) is 3.32. The van der Waals surface area contributed by atoms with Gasteiger partial charge in [0.2, 0.25) is 0 Å². The molecule has 2 aromatic rings. The minimum absolute atomic E-state index is 0.0280. The lowest BCUT2D eigenvalue weighted by atomic mass is 9.85. The van der Waals surface area contributed by atoms with Crippen LogP contribution in [-0.2, 0) is 5.60 Å². The predicted octanol–water partition coefficient (Wildman–Crippen LogP) is 3.13. The summed E-state index contributed by atoms with van der Waals surface area (Å²) in [5.74, 6) is 0.683. The van der Waals surface area contributed by atoms with Gasteiger partial charge in [-0.3, -0.25) is 4.79 Å². The zero-order chi connectivity index (χ0) is 17.2. The largest absolute Gasteiger partial charge is 0.497 e. The van der Waals surface area contributed by atoms with Crippen molar-refractivity contribution in [3.05, 3.63) is 65.2 Å². The van der Waals surface area contributed by atoms with E-state index < -0.39 is 5.60 Å². The molecular formula is C20H23NO3. The Kier molecular flexibility index (Phi) is 4.58. The number of ether oxygens (including phenoxy) is 1. The molecule has 1 aliphatic heterocycles.